The number of amides is 1. The quantitative estimate of drug-likeness (QED) is 0.608. The molecule has 0 spiro atoms. The summed E-state index contributed by atoms with van der Waals surface area (Å²) in [4.78, 5) is 10.7. The average molecular weight is 260 g/mol. The van der Waals surface area contributed by atoms with Crippen molar-refractivity contribution in [1.82, 2.24) is 15.2 Å². The molecular formula is C8H12N4O4S. The molecule has 1 aromatic rings. The van der Waals surface area contributed by atoms with E-state index in [0.29, 0.717) is 19.1 Å². The summed E-state index contributed by atoms with van der Waals surface area (Å²) in [5.74, 6) is 0.741. The molecular weight excluding hydrogens is 248 g/mol. The van der Waals surface area contributed by atoms with Gasteiger partial charge in [-0.05, 0) is 6.07 Å². The Kier molecular flexibility index (Phi) is 4.35. The summed E-state index contributed by atoms with van der Waals surface area (Å²) in [6, 6.07) is 1.82. The van der Waals surface area contributed by atoms with Gasteiger partial charge in [-0.25, -0.2) is 10.1 Å². The Balaban J connectivity index is 0.000000249. The number of hydrazone groups is 1. The Labute approximate surface area is 98.1 Å². The first kappa shape index (κ1) is 13.3. The van der Waals surface area contributed by atoms with Crippen molar-refractivity contribution in [2.75, 3.05) is 6.26 Å². The van der Waals surface area contributed by atoms with E-state index < -0.39 is 10.1 Å². The largest absolute Gasteiger partial charge is 0.286 e. The zero-order chi connectivity index (χ0) is 12.9. The second-order valence-electron chi connectivity index (χ2n) is 3.25. The van der Waals surface area contributed by atoms with Crippen LogP contribution in [0, 0.1) is 0 Å². The lowest BCUT2D eigenvalue weighted by Crippen LogP contribution is -2.29. The minimum absolute atomic E-state index is 0.0362. The molecule has 1 amide bonds. The van der Waals surface area contributed by atoms with Gasteiger partial charge in [0.1, 0.15) is 0 Å². The van der Waals surface area contributed by atoms with Crippen LogP contribution < -0.4 is 5.43 Å². The fourth-order valence-electron chi connectivity index (χ4n) is 1.05. The van der Waals surface area contributed by atoms with Crippen LogP contribution in [0.3, 0.4) is 0 Å². The van der Waals surface area contributed by atoms with Crippen molar-refractivity contribution in [3.63, 3.8) is 0 Å². The molecule has 0 unspecified atom stereocenters. The summed E-state index contributed by atoms with van der Waals surface area (Å²) in [7, 11) is -3.67. The van der Waals surface area contributed by atoms with E-state index in [1.807, 2.05) is 6.07 Å². The summed E-state index contributed by atoms with van der Waals surface area (Å²) >= 11 is 0. The van der Waals surface area contributed by atoms with Crippen molar-refractivity contribution < 1.29 is 17.8 Å². The van der Waals surface area contributed by atoms with E-state index in [2.05, 4.69) is 15.6 Å². The SMILES string of the molecule is CS(=O)(=O)O.O=C1CCC(n2cccn2)=NN1. The van der Waals surface area contributed by atoms with Crippen LogP contribution in [0.2, 0.25) is 0 Å². The van der Waals surface area contributed by atoms with Crippen molar-refractivity contribution >= 4 is 21.9 Å². The van der Waals surface area contributed by atoms with Gasteiger partial charge in [-0.2, -0.15) is 18.6 Å². The Bertz CT molecular complexity index is 498. The van der Waals surface area contributed by atoms with Gasteiger partial charge >= 0.3 is 0 Å². The summed E-state index contributed by atoms with van der Waals surface area (Å²) in [6.45, 7) is 0. The summed E-state index contributed by atoms with van der Waals surface area (Å²) in [5.41, 5.74) is 2.41. The molecule has 1 aromatic heterocycles. The number of aromatic nitrogens is 2. The van der Waals surface area contributed by atoms with E-state index in [-0.39, 0.29) is 5.91 Å². The van der Waals surface area contributed by atoms with Gasteiger partial charge in [0.25, 0.3) is 10.1 Å². The zero-order valence-electron chi connectivity index (χ0n) is 9.07. The van der Waals surface area contributed by atoms with E-state index >= 15 is 0 Å². The standard InChI is InChI=1S/C7H8N4O.CH4O3S/c12-7-3-2-6(9-10-7)11-5-1-4-8-11;1-5(2,3)4/h1,4-5H,2-3H2,(H,10,12);1H3,(H,2,3,4). The van der Waals surface area contributed by atoms with E-state index in [0.717, 1.165) is 5.84 Å². The van der Waals surface area contributed by atoms with Crippen LogP contribution in [0.4, 0.5) is 0 Å². The molecule has 0 atom stereocenters. The van der Waals surface area contributed by atoms with Crippen molar-refractivity contribution in [2.45, 2.75) is 12.8 Å². The van der Waals surface area contributed by atoms with Gasteiger partial charge in [-0.1, -0.05) is 0 Å². The highest BCUT2D eigenvalue weighted by Crippen LogP contribution is 2.00. The second kappa shape index (κ2) is 5.55. The van der Waals surface area contributed by atoms with E-state index in [1.165, 1.54) is 0 Å². The fourth-order valence-corrected chi connectivity index (χ4v) is 1.05. The highest BCUT2D eigenvalue weighted by Gasteiger charge is 2.12. The number of carbonyl (C=O) groups is 1. The number of hydrogen-bond donors (Lipinski definition) is 2. The van der Waals surface area contributed by atoms with Gasteiger partial charge in [0.15, 0.2) is 5.84 Å². The van der Waals surface area contributed by atoms with Crippen LogP contribution >= 0.6 is 0 Å². The zero-order valence-corrected chi connectivity index (χ0v) is 9.88. The predicted octanol–water partition coefficient (Wildman–Crippen LogP) is -0.541. The molecule has 1 aliphatic rings. The van der Waals surface area contributed by atoms with Crippen LogP contribution in [-0.2, 0) is 14.9 Å². The molecule has 0 aliphatic carbocycles. The molecule has 0 aromatic carbocycles. The molecule has 0 radical (unpaired) electrons. The second-order valence-corrected chi connectivity index (χ2v) is 4.71. The fraction of sp³-hybridized carbons (Fsp3) is 0.375. The van der Waals surface area contributed by atoms with Crippen molar-refractivity contribution in [3.8, 4) is 0 Å². The number of carbonyl (C=O) groups excluding carboxylic acids is 1. The Morgan fingerprint density at radius 3 is 2.53 bits per heavy atom. The third kappa shape index (κ3) is 5.78. The van der Waals surface area contributed by atoms with Crippen LogP contribution in [0.5, 0.6) is 0 Å². The van der Waals surface area contributed by atoms with Crippen LogP contribution in [-0.4, -0.2) is 40.7 Å². The average Bonchev–Trinajstić information content (AvgIpc) is 2.69. The Morgan fingerprint density at radius 1 is 1.47 bits per heavy atom. The number of hydrogen-bond acceptors (Lipinski definition) is 5. The summed E-state index contributed by atoms with van der Waals surface area (Å²) in [5, 5.41) is 7.87. The van der Waals surface area contributed by atoms with E-state index in [4.69, 9.17) is 4.55 Å². The third-order valence-corrected chi connectivity index (χ3v) is 1.65. The topological polar surface area (TPSA) is 114 Å². The molecule has 2 N–H and O–H groups in total. The Morgan fingerprint density at radius 2 is 2.12 bits per heavy atom. The van der Waals surface area contributed by atoms with Gasteiger partial charge in [0.05, 0.1) is 6.26 Å². The van der Waals surface area contributed by atoms with Gasteiger partial charge in [-0.15, -0.1) is 0 Å². The van der Waals surface area contributed by atoms with Crippen molar-refractivity contribution in [2.24, 2.45) is 5.10 Å². The lowest BCUT2D eigenvalue weighted by Gasteiger charge is -2.10. The molecule has 0 bridgehead atoms. The van der Waals surface area contributed by atoms with Crippen LogP contribution in [0.15, 0.2) is 23.6 Å². The summed E-state index contributed by atoms with van der Waals surface area (Å²) in [6.07, 6.45) is 5.33. The summed E-state index contributed by atoms with van der Waals surface area (Å²) < 4.78 is 27.5. The maximum Gasteiger partial charge on any atom is 0.261 e. The van der Waals surface area contributed by atoms with Gasteiger partial charge < -0.3 is 0 Å². The molecule has 2 heterocycles. The van der Waals surface area contributed by atoms with E-state index in [9.17, 15) is 13.2 Å². The van der Waals surface area contributed by atoms with Crippen LogP contribution in [0.1, 0.15) is 12.8 Å². The minimum atomic E-state index is -3.67. The first-order valence-electron chi connectivity index (χ1n) is 4.64. The monoisotopic (exact) mass is 260 g/mol. The highest BCUT2D eigenvalue weighted by atomic mass is 32.2. The van der Waals surface area contributed by atoms with Gasteiger partial charge in [0.2, 0.25) is 5.91 Å². The maximum atomic E-state index is 10.7. The number of rotatable bonds is 0. The van der Waals surface area contributed by atoms with Gasteiger partial charge in [-0.3, -0.25) is 9.35 Å². The molecule has 94 valence electrons. The molecule has 1 aliphatic heterocycles. The first-order chi connectivity index (χ1) is 7.86. The number of nitrogens with one attached hydrogen (secondary N) is 1. The smallest absolute Gasteiger partial charge is 0.261 e. The van der Waals surface area contributed by atoms with Crippen molar-refractivity contribution in [3.05, 3.63) is 18.5 Å². The molecule has 2 rings (SSSR count). The highest BCUT2D eigenvalue weighted by molar-refractivity contribution is 7.85. The maximum absolute atomic E-state index is 10.7. The first-order valence-corrected chi connectivity index (χ1v) is 6.49. The Hall–Kier alpha value is -1.74. The molecule has 0 fully saturated rings. The normalized spacial score (nSPS) is 15.4. The lowest BCUT2D eigenvalue weighted by atomic mass is 10.2. The molecule has 0 saturated carbocycles. The molecule has 0 saturated heterocycles. The molecule has 8 nitrogen and oxygen atoms in total. The van der Waals surface area contributed by atoms with Crippen LogP contribution in [0.25, 0.3) is 0 Å². The predicted molar refractivity (Wildman–Crippen MR) is 59.9 cm³/mol. The molecule has 9 heteroatoms. The van der Waals surface area contributed by atoms with Crippen molar-refractivity contribution in [1.29, 1.82) is 0 Å². The number of nitrogens with zero attached hydrogens (tertiary/aromatic N) is 3. The van der Waals surface area contributed by atoms with E-state index in [1.54, 1.807) is 17.1 Å². The molecule has 17 heavy (non-hydrogen) atoms. The third-order valence-electron chi connectivity index (χ3n) is 1.65. The van der Waals surface area contributed by atoms with Gasteiger partial charge in [0, 0.05) is 25.2 Å². The minimum Gasteiger partial charge on any atom is -0.286 e. The lowest BCUT2D eigenvalue weighted by molar-refractivity contribution is -0.121.